The zero-order valence-electron chi connectivity index (χ0n) is 12.0. The van der Waals surface area contributed by atoms with E-state index in [1.807, 2.05) is 0 Å². The van der Waals surface area contributed by atoms with Gasteiger partial charge in [0.25, 0.3) is 0 Å². The number of ether oxygens (including phenoxy) is 4. The standard InChI is InChI=1S/C15H13NO6/c1-19-14(17)12-9(6-16-13(12)15(18)20-2)8-3-4-10-11(5-8)22-7-21-10/h3-6,16H,7H2,1-2H3. The van der Waals surface area contributed by atoms with Gasteiger partial charge in [0.1, 0.15) is 5.69 Å². The molecule has 114 valence electrons. The molecular weight excluding hydrogens is 290 g/mol. The third-order valence-electron chi connectivity index (χ3n) is 3.34. The third-order valence-corrected chi connectivity index (χ3v) is 3.34. The molecule has 1 aliphatic rings. The number of aromatic amines is 1. The van der Waals surface area contributed by atoms with Crippen molar-refractivity contribution in [3.63, 3.8) is 0 Å². The second-order valence-corrected chi connectivity index (χ2v) is 4.50. The first-order valence-electron chi connectivity index (χ1n) is 6.43. The number of rotatable bonds is 3. The van der Waals surface area contributed by atoms with Gasteiger partial charge in [0, 0.05) is 11.8 Å². The van der Waals surface area contributed by atoms with Crippen LogP contribution in [0.1, 0.15) is 20.8 Å². The van der Waals surface area contributed by atoms with E-state index in [1.165, 1.54) is 14.2 Å². The molecule has 0 spiro atoms. The zero-order chi connectivity index (χ0) is 15.7. The average Bonchev–Trinajstić information content (AvgIpc) is 3.18. The highest BCUT2D eigenvalue weighted by atomic mass is 16.7. The highest BCUT2D eigenvalue weighted by Crippen LogP contribution is 2.37. The van der Waals surface area contributed by atoms with Crippen molar-refractivity contribution >= 4 is 11.9 Å². The molecule has 0 amide bonds. The van der Waals surface area contributed by atoms with Gasteiger partial charge in [-0.05, 0) is 17.7 Å². The number of carbonyl (C=O) groups is 2. The summed E-state index contributed by atoms with van der Waals surface area (Å²) in [5, 5.41) is 0. The number of H-pyrrole nitrogens is 1. The lowest BCUT2D eigenvalue weighted by molar-refractivity contribution is 0.0552. The number of carbonyl (C=O) groups excluding carboxylic acids is 2. The lowest BCUT2D eigenvalue weighted by Crippen LogP contribution is -2.11. The Morgan fingerprint density at radius 1 is 1.09 bits per heavy atom. The topological polar surface area (TPSA) is 86.9 Å². The van der Waals surface area contributed by atoms with Crippen LogP contribution in [0.5, 0.6) is 11.5 Å². The summed E-state index contributed by atoms with van der Waals surface area (Å²) in [4.78, 5) is 26.6. The second kappa shape index (κ2) is 5.44. The quantitative estimate of drug-likeness (QED) is 0.872. The predicted octanol–water partition coefficient (Wildman–Crippen LogP) is 1.98. The fourth-order valence-electron chi connectivity index (χ4n) is 2.29. The Morgan fingerprint density at radius 3 is 2.55 bits per heavy atom. The van der Waals surface area contributed by atoms with Crippen molar-refractivity contribution in [2.45, 2.75) is 0 Å². The molecule has 1 aromatic heterocycles. The molecule has 7 nitrogen and oxygen atoms in total. The maximum Gasteiger partial charge on any atom is 0.355 e. The highest BCUT2D eigenvalue weighted by molar-refractivity contribution is 6.07. The number of hydrogen-bond donors (Lipinski definition) is 1. The Hall–Kier alpha value is -2.96. The van der Waals surface area contributed by atoms with Gasteiger partial charge in [-0.3, -0.25) is 0 Å². The van der Waals surface area contributed by atoms with E-state index < -0.39 is 11.9 Å². The normalized spacial score (nSPS) is 12.1. The van der Waals surface area contributed by atoms with Gasteiger partial charge < -0.3 is 23.9 Å². The lowest BCUT2D eigenvalue weighted by atomic mass is 10.0. The minimum atomic E-state index is -0.646. The number of fused-ring (bicyclic) bond motifs is 1. The fourth-order valence-corrected chi connectivity index (χ4v) is 2.29. The van der Waals surface area contributed by atoms with Gasteiger partial charge in [0.15, 0.2) is 11.5 Å². The van der Waals surface area contributed by atoms with E-state index in [0.717, 1.165) is 0 Å². The second-order valence-electron chi connectivity index (χ2n) is 4.50. The lowest BCUT2D eigenvalue weighted by Gasteiger charge is -2.06. The number of nitrogens with one attached hydrogen (secondary N) is 1. The van der Waals surface area contributed by atoms with E-state index >= 15 is 0 Å². The summed E-state index contributed by atoms with van der Waals surface area (Å²) >= 11 is 0. The number of hydrogen-bond acceptors (Lipinski definition) is 6. The van der Waals surface area contributed by atoms with Crippen LogP contribution >= 0.6 is 0 Å². The minimum absolute atomic E-state index is 0.0435. The molecule has 0 radical (unpaired) electrons. The van der Waals surface area contributed by atoms with Crippen molar-refractivity contribution in [2.24, 2.45) is 0 Å². The molecule has 1 N–H and O–H groups in total. The van der Waals surface area contributed by atoms with E-state index in [2.05, 4.69) is 9.72 Å². The molecule has 0 aliphatic carbocycles. The smallest absolute Gasteiger partial charge is 0.355 e. The fraction of sp³-hybridized carbons (Fsp3) is 0.200. The molecule has 0 saturated heterocycles. The Labute approximate surface area is 125 Å². The molecule has 0 saturated carbocycles. The van der Waals surface area contributed by atoms with Gasteiger partial charge in [-0.25, -0.2) is 9.59 Å². The first-order valence-corrected chi connectivity index (χ1v) is 6.43. The summed E-state index contributed by atoms with van der Waals surface area (Å²) in [6, 6.07) is 5.24. The first-order chi connectivity index (χ1) is 10.7. The van der Waals surface area contributed by atoms with E-state index in [-0.39, 0.29) is 18.1 Å². The van der Waals surface area contributed by atoms with Gasteiger partial charge in [-0.2, -0.15) is 0 Å². The number of aromatic nitrogens is 1. The Balaban J connectivity index is 2.12. The molecule has 22 heavy (non-hydrogen) atoms. The summed E-state index contributed by atoms with van der Waals surface area (Å²) in [5.74, 6) is -0.0667. The summed E-state index contributed by atoms with van der Waals surface area (Å²) < 4.78 is 20.0. The van der Waals surface area contributed by atoms with Gasteiger partial charge in [-0.15, -0.1) is 0 Å². The van der Waals surface area contributed by atoms with Crippen LogP contribution in [-0.2, 0) is 9.47 Å². The SMILES string of the molecule is COC(=O)c1[nH]cc(-c2ccc3c(c2)OCO3)c1C(=O)OC. The van der Waals surface area contributed by atoms with Gasteiger partial charge in [-0.1, -0.05) is 6.07 Å². The van der Waals surface area contributed by atoms with Crippen LogP contribution < -0.4 is 9.47 Å². The van der Waals surface area contributed by atoms with E-state index in [4.69, 9.17) is 14.2 Å². The molecule has 0 bridgehead atoms. The van der Waals surface area contributed by atoms with Crippen molar-refractivity contribution < 1.29 is 28.5 Å². The first kappa shape index (κ1) is 14.0. The summed E-state index contributed by atoms with van der Waals surface area (Å²) in [6.07, 6.45) is 1.55. The molecule has 3 rings (SSSR count). The van der Waals surface area contributed by atoms with Crippen molar-refractivity contribution in [1.29, 1.82) is 0 Å². The monoisotopic (exact) mass is 303 g/mol. The van der Waals surface area contributed by atoms with Crippen LogP contribution in [0.3, 0.4) is 0 Å². The maximum atomic E-state index is 12.0. The third kappa shape index (κ3) is 2.16. The summed E-state index contributed by atoms with van der Waals surface area (Å²) in [5.41, 5.74) is 1.37. The Bertz CT molecular complexity index is 748. The summed E-state index contributed by atoms with van der Waals surface area (Å²) in [6.45, 7) is 0.156. The van der Waals surface area contributed by atoms with Crippen molar-refractivity contribution in [2.75, 3.05) is 21.0 Å². The van der Waals surface area contributed by atoms with Crippen molar-refractivity contribution in [3.05, 3.63) is 35.7 Å². The molecule has 1 aliphatic heterocycles. The van der Waals surface area contributed by atoms with Gasteiger partial charge in [0.05, 0.1) is 19.8 Å². The van der Waals surface area contributed by atoms with Crippen LogP contribution in [0, 0.1) is 0 Å². The Kier molecular flexibility index (Phi) is 3.46. The van der Waals surface area contributed by atoms with Crippen LogP contribution in [0.2, 0.25) is 0 Å². The molecule has 1 aromatic carbocycles. The van der Waals surface area contributed by atoms with Crippen molar-refractivity contribution in [1.82, 2.24) is 4.98 Å². The largest absolute Gasteiger partial charge is 0.465 e. The molecular formula is C15H13NO6. The van der Waals surface area contributed by atoms with E-state index in [9.17, 15) is 9.59 Å². The average molecular weight is 303 g/mol. The van der Waals surface area contributed by atoms with Crippen LogP contribution in [0.25, 0.3) is 11.1 Å². The number of benzene rings is 1. The van der Waals surface area contributed by atoms with Crippen LogP contribution in [-0.4, -0.2) is 37.9 Å². The zero-order valence-corrected chi connectivity index (χ0v) is 12.0. The molecule has 0 unspecified atom stereocenters. The highest BCUT2D eigenvalue weighted by Gasteiger charge is 2.26. The van der Waals surface area contributed by atoms with Crippen LogP contribution in [0.4, 0.5) is 0 Å². The molecule has 7 heteroatoms. The van der Waals surface area contributed by atoms with E-state index in [1.54, 1.807) is 24.4 Å². The maximum absolute atomic E-state index is 12.0. The molecule has 0 atom stereocenters. The molecule has 2 heterocycles. The van der Waals surface area contributed by atoms with Crippen LogP contribution in [0.15, 0.2) is 24.4 Å². The van der Waals surface area contributed by atoms with Gasteiger partial charge >= 0.3 is 11.9 Å². The predicted molar refractivity (Wildman–Crippen MR) is 75.0 cm³/mol. The minimum Gasteiger partial charge on any atom is -0.465 e. The molecule has 0 fully saturated rings. The summed E-state index contributed by atoms with van der Waals surface area (Å²) in [7, 11) is 2.49. The Morgan fingerprint density at radius 2 is 1.82 bits per heavy atom. The number of esters is 2. The van der Waals surface area contributed by atoms with Crippen molar-refractivity contribution in [3.8, 4) is 22.6 Å². The van der Waals surface area contributed by atoms with Gasteiger partial charge in [0.2, 0.25) is 6.79 Å². The molecule has 2 aromatic rings. The number of methoxy groups -OCH3 is 2. The van der Waals surface area contributed by atoms with E-state index in [0.29, 0.717) is 22.6 Å².